The Morgan fingerprint density at radius 1 is 1.35 bits per heavy atom. The highest BCUT2D eigenvalue weighted by Crippen LogP contribution is 2.23. The molecule has 0 fully saturated rings. The number of para-hydroxylation sites is 1. The maximum Gasteiger partial charge on any atom is 0.267 e. The van der Waals surface area contributed by atoms with Crippen molar-refractivity contribution in [3.63, 3.8) is 0 Å². The fourth-order valence-corrected chi connectivity index (χ4v) is 2.41. The molecule has 0 aliphatic heterocycles. The lowest BCUT2D eigenvalue weighted by atomic mass is 10.3. The van der Waals surface area contributed by atoms with Gasteiger partial charge in [0.15, 0.2) is 0 Å². The number of nitrogens with zero attached hydrogens (tertiary/aromatic N) is 2. The minimum Gasteiger partial charge on any atom is -0.495 e. The zero-order valence-corrected chi connectivity index (χ0v) is 9.73. The third kappa shape index (κ3) is 2.36. The zero-order chi connectivity index (χ0) is 12.3. The van der Waals surface area contributed by atoms with Crippen molar-refractivity contribution in [3.05, 3.63) is 30.6 Å². The van der Waals surface area contributed by atoms with E-state index in [1.807, 2.05) is 0 Å². The van der Waals surface area contributed by atoms with E-state index in [1.165, 1.54) is 19.5 Å². The van der Waals surface area contributed by atoms with Gasteiger partial charge >= 0.3 is 0 Å². The van der Waals surface area contributed by atoms with Gasteiger partial charge in [-0.1, -0.05) is 12.1 Å². The lowest BCUT2D eigenvalue weighted by Crippen LogP contribution is -2.14. The summed E-state index contributed by atoms with van der Waals surface area (Å²) in [5.74, 6) is 0.315. The van der Waals surface area contributed by atoms with E-state index in [9.17, 15) is 8.42 Å². The summed E-state index contributed by atoms with van der Waals surface area (Å²) in [6.45, 7) is 0. The Morgan fingerprint density at radius 3 is 2.76 bits per heavy atom. The van der Waals surface area contributed by atoms with Crippen LogP contribution in [0.15, 0.2) is 35.5 Å². The highest BCUT2D eigenvalue weighted by Gasteiger charge is 2.19. The van der Waals surface area contributed by atoms with Gasteiger partial charge < -0.3 is 4.74 Å². The number of H-pyrrole nitrogens is 1. The summed E-state index contributed by atoms with van der Waals surface area (Å²) in [7, 11) is -2.33. The van der Waals surface area contributed by atoms with Gasteiger partial charge in [0.25, 0.3) is 10.0 Å². The quantitative estimate of drug-likeness (QED) is 0.833. The van der Waals surface area contributed by atoms with Crippen LogP contribution in [0.4, 0.5) is 5.95 Å². The van der Waals surface area contributed by atoms with Gasteiger partial charge in [0.1, 0.15) is 17.0 Å². The van der Waals surface area contributed by atoms with Gasteiger partial charge in [-0.3, -0.25) is 0 Å². The first kappa shape index (κ1) is 11.4. The topological polar surface area (TPSA) is 97.0 Å². The first-order valence-electron chi connectivity index (χ1n) is 4.64. The minimum absolute atomic E-state index is 0.0406. The predicted molar refractivity (Wildman–Crippen MR) is 60.2 cm³/mol. The molecule has 0 amide bonds. The van der Waals surface area contributed by atoms with E-state index < -0.39 is 10.0 Å². The molecular formula is C9H10N4O3S. The van der Waals surface area contributed by atoms with Crippen molar-refractivity contribution in [2.24, 2.45) is 0 Å². The lowest BCUT2D eigenvalue weighted by molar-refractivity contribution is 0.403. The van der Waals surface area contributed by atoms with Crippen molar-refractivity contribution in [1.29, 1.82) is 0 Å². The zero-order valence-electron chi connectivity index (χ0n) is 8.91. The van der Waals surface area contributed by atoms with Crippen molar-refractivity contribution in [2.75, 3.05) is 11.8 Å². The van der Waals surface area contributed by atoms with Crippen LogP contribution in [0.25, 0.3) is 0 Å². The normalized spacial score (nSPS) is 11.1. The number of sulfonamides is 1. The van der Waals surface area contributed by atoms with Crippen LogP contribution < -0.4 is 9.46 Å². The Bertz CT molecular complexity index is 594. The second-order valence-electron chi connectivity index (χ2n) is 3.09. The number of rotatable bonds is 4. The van der Waals surface area contributed by atoms with Gasteiger partial charge in [-0.25, -0.2) is 18.2 Å². The Morgan fingerprint density at radius 2 is 2.12 bits per heavy atom. The fourth-order valence-electron chi connectivity index (χ4n) is 1.28. The van der Waals surface area contributed by atoms with Gasteiger partial charge in [0.2, 0.25) is 5.95 Å². The van der Waals surface area contributed by atoms with Crippen LogP contribution in [-0.2, 0) is 10.0 Å². The summed E-state index contributed by atoms with van der Waals surface area (Å²) in [5, 5.41) is 5.96. The molecule has 0 saturated carbocycles. The maximum atomic E-state index is 12.0. The number of aromatic nitrogens is 3. The lowest BCUT2D eigenvalue weighted by Gasteiger charge is -2.08. The van der Waals surface area contributed by atoms with Crippen molar-refractivity contribution in [1.82, 2.24) is 15.2 Å². The largest absolute Gasteiger partial charge is 0.495 e. The molecule has 7 nitrogen and oxygen atoms in total. The summed E-state index contributed by atoms with van der Waals surface area (Å²) >= 11 is 0. The van der Waals surface area contributed by atoms with Crippen LogP contribution in [0.1, 0.15) is 0 Å². The molecular weight excluding hydrogens is 244 g/mol. The second-order valence-corrected chi connectivity index (χ2v) is 4.74. The molecule has 8 heteroatoms. The van der Waals surface area contributed by atoms with Crippen molar-refractivity contribution < 1.29 is 13.2 Å². The number of nitrogens with one attached hydrogen (secondary N) is 2. The van der Waals surface area contributed by atoms with Gasteiger partial charge in [-0.05, 0) is 12.1 Å². The van der Waals surface area contributed by atoms with Crippen LogP contribution in [-0.4, -0.2) is 30.7 Å². The van der Waals surface area contributed by atoms with Gasteiger partial charge in [-0.15, -0.1) is 0 Å². The molecule has 0 unspecified atom stereocenters. The highest BCUT2D eigenvalue weighted by molar-refractivity contribution is 7.92. The molecule has 90 valence electrons. The molecule has 0 atom stereocenters. The molecule has 0 aliphatic rings. The molecule has 0 aliphatic carbocycles. The molecule has 1 heterocycles. The molecule has 1 aromatic heterocycles. The molecule has 0 radical (unpaired) electrons. The summed E-state index contributed by atoms with van der Waals surface area (Å²) in [4.78, 5) is 3.73. The number of hydrogen-bond acceptors (Lipinski definition) is 5. The summed E-state index contributed by atoms with van der Waals surface area (Å²) in [6, 6.07) is 6.30. The van der Waals surface area contributed by atoms with Crippen LogP contribution in [0.3, 0.4) is 0 Å². The standard InChI is InChI=1S/C9H10N4O3S/c1-16-7-4-2-3-5-8(7)17(14,15)13-9-10-6-11-12-9/h2-6H,1H3,(H2,10,11,12,13). The predicted octanol–water partition coefficient (Wildman–Crippen LogP) is 0.614. The molecule has 0 spiro atoms. The molecule has 2 N–H and O–H groups in total. The molecule has 17 heavy (non-hydrogen) atoms. The second kappa shape index (κ2) is 4.42. The summed E-state index contributed by atoms with van der Waals surface area (Å²) < 4.78 is 31.2. The van der Waals surface area contributed by atoms with Crippen molar-refractivity contribution >= 4 is 16.0 Å². The van der Waals surface area contributed by atoms with Crippen LogP contribution >= 0.6 is 0 Å². The molecule has 1 aromatic carbocycles. The van der Waals surface area contributed by atoms with Crippen LogP contribution in [0, 0.1) is 0 Å². The molecule has 0 bridgehead atoms. The van der Waals surface area contributed by atoms with Gasteiger partial charge in [0, 0.05) is 0 Å². The van der Waals surface area contributed by atoms with E-state index in [2.05, 4.69) is 19.9 Å². The van der Waals surface area contributed by atoms with E-state index >= 15 is 0 Å². The molecule has 0 saturated heterocycles. The van der Waals surface area contributed by atoms with E-state index in [0.717, 1.165) is 0 Å². The smallest absolute Gasteiger partial charge is 0.267 e. The van der Waals surface area contributed by atoms with E-state index in [-0.39, 0.29) is 16.6 Å². The number of methoxy groups -OCH3 is 1. The highest BCUT2D eigenvalue weighted by atomic mass is 32.2. The first-order valence-corrected chi connectivity index (χ1v) is 6.13. The van der Waals surface area contributed by atoms with Crippen molar-refractivity contribution in [2.45, 2.75) is 4.90 Å². The average molecular weight is 254 g/mol. The van der Waals surface area contributed by atoms with E-state index in [0.29, 0.717) is 0 Å². The van der Waals surface area contributed by atoms with Crippen LogP contribution in [0.5, 0.6) is 5.75 Å². The first-order chi connectivity index (χ1) is 8.13. The summed E-state index contributed by atoms with van der Waals surface area (Å²) in [5.41, 5.74) is 0. The number of aromatic amines is 1. The van der Waals surface area contributed by atoms with Crippen molar-refractivity contribution in [3.8, 4) is 5.75 Å². The maximum absolute atomic E-state index is 12.0. The Balaban J connectivity index is 2.38. The number of anilines is 1. The molecule has 2 aromatic rings. The third-order valence-corrected chi connectivity index (χ3v) is 3.38. The number of hydrogen-bond donors (Lipinski definition) is 2. The third-order valence-electron chi connectivity index (χ3n) is 2.00. The fraction of sp³-hybridized carbons (Fsp3) is 0.111. The van der Waals surface area contributed by atoms with Gasteiger partial charge in [-0.2, -0.15) is 10.1 Å². The van der Waals surface area contributed by atoms with E-state index in [1.54, 1.807) is 18.2 Å². The monoisotopic (exact) mass is 254 g/mol. The minimum atomic E-state index is -3.73. The number of benzene rings is 1. The van der Waals surface area contributed by atoms with Crippen LogP contribution in [0.2, 0.25) is 0 Å². The van der Waals surface area contributed by atoms with E-state index in [4.69, 9.17) is 4.74 Å². The average Bonchev–Trinajstić information content (AvgIpc) is 2.81. The number of ether oxygens (including phenoxy) is 1. The van der Waals surface area contributed by atoms with Gasteiger partial charge in [0.05, 0.1) is 7.11 Å². The summed E-state index contributed by atoms with van der Waals surface area (Å²) in [6.07, 6.45) is 1.21. The molecule has 2 rings (SSSR count). The Labute approximate surface area is 97.9 Å². The SMILES string of the molecule is COc1ccccc1S(=O)(=O)Nc1ncn[nH]1. The Hall–Kier alpha value is -2.09. The Kier molecular flexibility index (Phi) is 2.96.